The van der Waals surface area contributed by atoms with Gasteiger partial charge in [0.2, 0.25) is 11.3 Å². The number of para-hydroxylation sites is 1. The molecule has 0 bridgehead atoms. The van der Waals surface area contributed by atoms with Crippen molar-refractivity contribution in [2.45, 2.75) is 19.8 Å². The first kappa shape index (κ1) is 17.8. The Kier molecular flexibility index (Phi) is 4.83. The van der Waals surface area contributed by atoms with Gasteiger partial charge < -0.3 is 10.6 Å². The molecule has 1 aliphatic heterocycles. The highest BCUT2D eigenvalue weighted by molar-refractivity contribution is 5.92. The molecule has 1 aliphatic rings. The number of rotatable bonds is 3. The third-order valence-corrected chi connectivity index (χ3v) is 4.58. The van der Waals surface area contributed by atoms with E-state index in [9.17, 15) is 18.8 Å². The summed E-state index contributed by atoms with van der Waals surface area (Å²) >= 11 is 0. The zero-order valence-corrected chi connectivity index (χ0v) is 14.3. The Morgan fingerprint density at radius 2 is 1.88 bits per heavy atom. The molecule has 0 saturated carbocycles. The maximum atomic E-state index is 14.1. The molecular weight excluding hydrogens is 339 g/mol. The average molecular weight is 358 g/mol. The number of piperidine rings is 1. The summed E-state index contributed by atoms with van der Waals surface area (Å²) in [7, 11) is 0. The van der Waals surface area contributed by atoms with Gasteiger partial charge in [-0.3, -0.25) is 14.4 Å². The molecule has 3 rings (SSSR count). The number of carbonyl (C=O) groups excluding carboxylic acids is 2. The summed E-state index contributed by atoms with van der Waals surface area (Å²) in [6.07, 6.45) is 0.906. The lowest BCUT2D eigenvalue weighted by atomic mass is 9.96. The molecule has 136 valence electrons. The number of halogens is 1. The molecule has 0 aliphatic carbocycles. The number of aryl methyl sites for hydroxylation is 1. The van der Waals surface area contributed by atoms with Crippen molar-refractivity contribution in [1.29, 1.82) is 0 Å². The number of benzene rings is 1. The molecule has 2 amide bonds. The number of hydrogen-bond acceptors (Lipinski definition) is 4. The summed E-state index contributed by atoms with van der Waals surface area (Å²) in [5.41, 5.74) is 5.09. The van der Waals surface area contributed by atoms with Crippen molar-refractivity contribution >= 4 is 11.8 Å². The summed E-state index contributed by atoms with van der Waals surface area (Å²) in [4.78, 5) is 37.7. The molecule has 1 saturated heterocycles. The average Bonchev–Trinajstić information content (AvgIpc) is 2.62. The van der Waals surface area contributed by atoms with Crippen molar-refractivity contribution < 1.29 is 14.0 Å². The molecule has 8 heteroatoms. The minimum atomic E-state index is -0.525. The predicted molar refractivity (Wildman–Crippen MR) is 92.4 cm³/mol. The van der Waals surface area contributed by atoms with E-state index in [1.807, 2.05) is 0 Å². The van der Waals surface area contributed by atoms with Gasteiger partial charge in [0, 0.05) is 30.8 Å². The molecule has 0 radical (unpaired) electrons. The molecule has 2 N–H and O–H groups in total. The number of aromatic nitrogens is 2. The fourth-order valence-corrected chi connectivity index (χ4v) is 3.08. The van der Waals surface area contributed by atoms with Crippen molar-refractivity contribution in [2.24, 2.45) is 11.7 Å². The first-order chi connectivity index (χ1) is 12.4. The lowest BCUT2D eigenvalue weighted by Crippen LogP contribution is -2.43. The number of likely N-dealkylation sites (tertiary alicyclic amines) is 1. The minimum absolute atomic E-state index is 0.159. The third-order valence-electron chi connectivity index (χ3n) is 4.58. The lowest BCUT2D eigenvalue weighted by molar-refractivity contribution is -0.123. The summed E-state index contributed by atoms with van der Waals surface area (Å²) in [6.45, 7) is 2.26. The Balaban J connectivity index is 1.92. The van der Waals surface area contributed by atoms with Crippen LogP contribution in [0.15, 0.2) is 35.1 Å². The molecule has 2 heterocycles. The van der Waals surface area contributed by atoms with E-state index >= 15 is 0 Å². The highest BCUT2D eigenvalue weighted by Crippen LogP contribution is 2.18. The fraction of sp³-hybridized carbons (Fsp3) is 0.333. The highest BCUT2D eigenvalue weighted by atomic mass is 19.1. The van der Waals surface area contributed by atoms with Crippen LogP contribution >= 0.6 is 0 Å². The molecule has 0 spiro atoms. The predicted octanol–water partition coefficient (Wildman–Crippen LogP) is 1.02. The fourth-order valence-electron chi connectivity index (χ4n) is 3.08. The number of nitrogens with zero attached hydrogens (tertiary/aromatic N) is 3. The summed E-state index contributed by atoms with van der Waals surface area (Å²) in [5, 5.41) is 4.11. The van der Waals surface area contributed by atoms with E-state index in [0.29, 0.717) is 31.6 Å². The zero-order chi connectivity index (χ0) is 18.8. The van der Waals surface area contributed by atoms with E-state index in [2.05, 4.69) is 5.10 Å². The van der Waals surface area contributed by atoms with Gasteiger partial charge in [-0.05, 0) is 31.9 Å². The molecule has 0 unspecified atom stereocenters. The Hall–Kier alpha value is -3.03. The summed E-state index contributed by atoms with van der Waals surface area (Å²) < 4.78 is 15.3. The van der Waals surface area contributed by atoms with Crippen LogP contribution in [0.2, 0.25) is 0 Å². The second-order valence-corrected chi connectivity index (χ2v) is 6.33. The van der Waals surface area contributed by atoms with Gasteiger partial charge in [0.15, 0.2) is 5.69 Å². The SMILES string of the molecule is Cc1cc(=O)c(C(=O)N2CCC(C(N)=O)CC2)nn1-c1ccccc1F. The Bertz CT molecular complexity index is 917. The molecule has 1 aromatic carbocycles. The van der Waals surface area contributed by atoms with Gasteiger partial charge in [0.25, 0.3) is 5.91 Å². The minimum Gasteiger partial charge on any atom is -0.369 e. The Morgan fingerprint density at radius 1 is 1.23 bits per heavy atom. The van der Waals surface area contributed by atoms with Gasteiger partial charge in [-0.25, -0.2) is 9.07 Å². The largest absolute Gasteiger partial charge is 0.369 e. The normalized spacial score (nSPS) is 15.1. The second-order valence-electron chi connectivity index (χ2n) is 6.33. The van der Waals surface area contributed by atoms with Crippen LogP contribution in [0.3, 0.4) is 0 Å². The molecular formula is C18H19FN4O3. The zero-order valence-electron chi connectivity index (χ0n) is 14.3. The van der Waals surface area contributed by atoms with E-state index in [4.69, 9.17) is 5.73 Å². The topological polar surface area (TPSA) is 98.3 Å². The van der Waals surface area contributed by atoms with Crippen LogP contribution in [0, 0.1) is 18.7 Å². The molecule has 1 aromatic heterocycles. The number of nitrogens with two attached hydrogens (primary N) is 1. The van der Waals surface area contributed by atoms with Crippen molar-refractivity contribution in [3.63, 3.8) is 0 Å². The summed E-state index contributed by atoms with van der Waals surface area (Å²) in [6, 6.07) is 7.26. The maximum Gasteiger partial charge on any atom is 0.278 e. The second kappa shape index (κ2) is 7.07. The van der Waals surface area contributed by atoms with Crippen LogP contribution in [0.4, 0.5) is 4.39 Å². The number of primary amides is 1. The molecule has 2 aromatic rings. The molecule has 0 atom stereocenters. The van der Waals surface area contributed by atoms with E-state index in [1.165, 1.54) is 27.8 Å². The highest BCUT2D eigenvalue weighted by Gasteiger charge is 2.28. The summed E-state index contributed by atoms with van der Waals surface area (Å²) in [5.74, 6) is -1.68. The van der Waals surface area contributed by atoms with Gasteiger partial charge in [0.05, 0.1) is 0 Å². The number of hydrogen-bond donors (Lipinski definition) is 1. The maximum absolute atomic E-state index is 14.1. The first-order valence-electron chi connectivity index (χ1n) is 8.33. The van der Waals surface area contributed by atoms with Gasteiger partial charge in [-0.2, -0.15) is 5.10 Å². The van der Waals surface area contributed by atoms with Crippen LogP contribution in [0.5, 0.6) is 0 Å². The quantitative estimate of drug-likeness (QED) is 0.885. The Morgan fingerprint density at radius 3 is 2.50 bits per heavy atom. The van der Waals surface area contributed by atoms with E-state index in [1.54, 1.807) is 19.1 Å². The molecule has 1 fully saturated rings. The van der Waals surface area contributed by atoms with E-state index in [-0.39, 0.29) is 23.2 Å². The molecule has 7 nitrogen and oxygen atoms in total. The van der Waals surface area contributed by atoms with Crippen molar-refractivity contribution in [1.82, 2.24) is 14.7 Å². The van der Waals surface area contributed by atoms with Crippen LogP contribution in [-0.2, 0) is 4.79 Å². The van der Waals surface area contributed by atoms with Crippen molar-refractivity contribution in [3.05, 3.63) is 57.8 Å². The standard InChI is InChI=1S/C18H19FN4O3/c1-11-10-15(24)16(21-23(11)14-5-3-2-4-13(14)19)18(26)22-8-6-12(7-9-22)17(20)25/h2-5,10,12H,6-9H2,1H3,(H2,20,25). The smallest absolute Gasteiger partial charge is 0.278 e. The number of carbonyl (C=O) groups is 2. The van der Waals surface area contributed by atoms with Crippen LogP contribution in [-0.4, -0.2) is 39.6 Å². The van der Waals surface area contributed by atoms with Crippen LogP contribution in [0.25, 0.3) is 5.69 Å². The van der Waals surface area contributed by atoms with Crippen LogP contribution < -0.4 is 11.2 Å². The van der Waals surface area contributed by atoms with Gasteiger partial charge in [-0.15, -0.1) is 0 Å². The van der Waals surface area contributed by atoms with Gasteiger partial charge in [-0.1, -0.05) is 12.1 Å². The Labute approximate surface area is 149 Å². The van der Waals surface area contributed by atoms with Crippen molar-refractivity contribution in [3.8, 4) is 5.69 Å². The lowest BCUT2D eigenvalue weighted by Gasteiger charge is -2.30. The number of amides is 2. The van der Waals surface area contributed by atoms with E-state index in [0.717, 1.165) is 0 Å². The van der Waals surface area contributed by atoms with E-state index < -0.39 is 17.2 Å². The third kappa shape index (κ3) is 3.35. The van der Waals surface area contributed by atoms with Crippen LogP contribution in [0.1, 0.15) is 29.0 Å². The molecule has 26 heavy (non-hydrogen) atoms. The first-order valence-corrected chi connectivity index (χ1v) is 8.33. The van der Waals surface area contributed by atoms with Crippen molar-refractivity contribution in [2.75, 3.05) is 13.1 Å². The van der Waals surface area contributed by atoms with Gasteiger partial charge >= 0.3 is 0 Å². The van der Waals surface area contributed by atoms with Gasteiger partial charge in [0.1, 0.15) is 11.5 Å². The monoisotopic (exact) mass is 358 g/mol.